The molecule has 0 spiro atoms. The van der Waals surface area contributed by atoms with Crippen LogP contribution in [0.5, 0.6) is 0 Å². The van der Waals surface area contributed by atoms with Crippen LogP contribution in [0.2, 0.25) is 0 Å². The van der Waals surface area contributed by atoms with E-state index in [2.05, 4.69) is 0 Å². The molecular weight excluding hydrogens is 325 g/mol. The van der Waals surface area contributed by atoms with Crippen molar-refractivity contribution >= 4 is 16.9 Å². The van der Waals surface area contributed by atoms with E-state index in [1.165, 1.54) is 0 Å². The fraction of sp³-hybridized carbons (Fsp3) is 0.286. The van der Waals surface area contributed by atoms with Gasteiger partial charge in [-0.3, -0.25) is 4.79 Å². The van der Waals surface area contributed by atoms with Gasteiger partial charge in [-0.25, -0.2) is 13.6 Å². The number of pyridine rings is 1. The number of carboxylic acid groups (broad SMARTS) is 1. The van der Waals surface area contributed by atoms with Crippen LogP contribution < -0.4 is 5.43 Å². The summed E-state index contributed by atoms with van der Waals surface area (Å²) < 4.78 is 67.9. The minimum atomic E-state index is -5.13. The first-order valence-corrected chi connectivity index (χ1v) is 6.50. The number of halogens is 5. The molecule has 0 aliphatic heterocycles. The minimum absolute atomic E-state index is 0.123. The van der Waals surface area contributed by atoms with Crippen LogP contribution >= 0.6 is 0 Å². The minimum Gasteiger partial charge on any atom is -0.477 e. The number of benzene rings is 1. The van der Waals surface area contributed by atoms with E-state index in [0.717, 1.165) is 10.8 Å². The van der Waals surface area contributed by atoms with E-state index in [1.54, 1.807) is 0 Å². The van der Waals surface area contributed by atoms with Gasteiger partial charge in [0.25, 0.3) is 0 Å². The van der Waals surface area contributed by atoms with Crippen molar-refractivity contribution in [1.29, 1.82) is 0 Å². The quantitative estimate of drug-likeness (QED) is 0.858. The molecule has 0 radical (unpaired) electrons. The van der Waals surface area contributed by atoms with Crippen LogP contribution in [0, 0.1) is 11.6 Å². The van der Waals surface area contributed by atoms with Crippen LogP contribution in [0.25, 0.3) is 10.9 Å². The van der Waals surface area contributed by atoms with Gasteiger partial charge in [-0.05, 0) is 18.9 Å². The Hall–Kier alpha value is -2.45. The van der Waals surface area contributed by atoms with E-state index < -0.39 is 57.3 Å². The normalized spacial score (nSPS) is 15.2. The highest BCUT2D eigenvalue weighted by atomic mass is 19.4. The standard InChI is InChI=1S/C14H8F5NO3/c15-8-3-7(14(17,18)19)9-11(10(8)16)20(5-1-2-5)4-6(12(9)21)13(22)23/h3-5H,1-2H2,(H,22,23). The van der Waals surface area contributed by atoms with Crippen LogP contribution in [0.15, 0.2) is 17.1 Å². The summed E-state index contributed by atoms with van der Waals surface area (Å²) >= 11 is 0. The van der Waals surface area contributed by atoms with Gasteiger partial charge in [-0.2, -0.15) is 13.2 Å². The summed E-state index contributed by atoms with van der Waals surface area (Å²) in [7, 11) is 0. The summed E-state index contributed by atoms with van der Waals surface area (Å²) in [4.78, 5) is 23.2. The predicted molar refractivity (Wildman–Crippen MR) is 68.4 cm³/mol. The molecule has 0 atom stereocenters. The predicted octanol–water partition coefficient (Wildman–Crippen LogP) is 3.33. The molecule has 0 amide bonds. The van der Waals surface area contributed by atoms with Gasteiger partial charge in [-0.15, -0.1) is 0 Å². The van der Waals surface area contributed by atoms with Crippen molar-refractivity contribution < 1.29 is 31.9 Å². The fourth-order valence-corrected chi connectivity index (χ4v) is 2.50. The number of carbonyl (C=O) groups is 1. The van der Waals surface area contributed by atoms with Crippen molar-refractivity contribution in [2.45, 2.75) is 25.1 Å². The Morgan fingerprint density at radius 3 is 2.35 bits per heavy atom. The second-order valence-corrected chi connectivity index (χ2v) is 5.26. The number of fused-ring (bicyclic) bond motifs is 1. The lowest BCUT2D eigenvalue weighted by atomic mass is 10.0. The average molecular weight is 333 g/mol. The van der Waals surface area contributed by atoms with Crippen LogP contribution in [-0.4, -0.2) is 15.6 Å². The Kier molecular flexibility index (Phi) is 3.20. The molecule has 122 valence electrons. The second kappa shape index (κ2) is 4.77. The lowest BCUT2D eigenvalue weighted by Gasteiger charge is -2.16. The lowest BCUT2D eigenvalue weighted by Crippen LogP contribution is -2.23. The Balaban J connectivity index is 2.59. The van der Waals surface area contributed by atoms with E-state index >= 15 is 0 Å². The summed E-state index contributed by atoms with van der Waals surface area (Å²) in [6, 6.07) is -0.587. The van der Waals surface area contributed by atoms with Crippen molar-refractivity contribution in [3.8, 4) is 0 Å². The van der Waals surface area contributed by atoms with Crippen molar-refractivity contribution in [2.24, 2.45) is 0 Å². The molecule has 9 heteroatoms. The molecule has 1 aliphatic carbocycles. The highest BCUT2D eigenvalue weighted by Gasteiger charge is 2.38. The molecule has 1 aromatic carbocycles. The maximum absolute atomic E-state index is 14.1. The maximum Gasteiger partial charge on any atom is 0.417 e. The molecule has 1 N–H and O–H groups in total. The molecule has 1 aliphatic rings. The molecule has 1 aromatic heterocycles. The van der Waals surface area contributed by atoms with Crippen LogP contribution in [-0.2, 0) is 6.18 Å². The topological polar surface area (TPSA) is 59.3 Å². The fourth-order valence-electron chi connectivity index (χ4n) is 2.50. The number of carboxylic acids is 1. The second-order valence-electron chi connectivity index (χ2n) is 5.26. The third-order valence-corrected chi connectivity index (χ3v) is 3.67. The maximum atomic E-state index is 14.1. The Bertz CT molecular complexity index is 896. The number of nitrogens with zero attached hydrogens (tertiary/aromatic N) is 1. The molecule has 0 unspecified atom stereocenters. The van der Waals surface area contributed by atoms with E-state index in [4.69, 9.17) is 5.11 Å². The van der Waals surface area contributed by atoms with Crippen molar-refractivity contribution in [3.63, 3.8) is 0 Å². The third kappa shape index (κ3) is 2.36. The monoisotopic (exact) mass is 333 g/mol. The first-order valence-electron chi connectivity index (χ1n) is 6.50. The van der Waals surface area contributed by atoms with E-state index in [9.17, 15) is 31.5 Å². The highest BCUT2D eigenvalue weighted by molar-refractivity contribution is 5.94. The summed E-state index contributed by atoms with van der Waals surface area (Å²) in [5, 5.41) is 7.84. The first kappa shape index (κ1) is 15.4. The molecule has 4 nitrogen and oxygen atoms in total. The molecule has 0 bridgehead atoms. The van der Waals surface area contributed by atoms with Crippen molar-refractivity contribution in [1.82, 2.24) is 4.57 Å². The Morgan fingerprint density at radius 2 is 1.87 bits per heavy atom. The number of rotatable bonds is 2. The summed E-state index contributed by atoms with van der Waals surface area (Å²) in [6.45, 7) is 0. The van der Waals surface area contributed by atoms with Gasteiger partial charge in [0, 0.05) is 12.2 Å². The summed E-state index contributed by atoms with van der Waals surface area (Å²) in [6.07, 6.45) is -3.43. The number of alkyl halides is 3. The zero-order valence-electron chi connectivity index (χ0n) is 11.2. The molecule has 2 aromatic rings. The van der Waals surface area contributed by atoms with Crippen LogP contribution in [0.4, 0.5) is 22.0 Å². The molecule has 0 saturated heterocycles. The van der Waals surface area contributed by atoms with Crippen molar-refractivity contribution in [2.75, 3.05) is 0 Å². The highest BCUT2D eigenvalue weighted by Crippen LogP contribution is 2.41. The number of aromatic carboxylic acids is 1. The summed E-state index contributed by atoms with van der Waals surface area (Å²) in [5.41, 5.74) is -4.94. The van der Waals surface area contributed by atoms with Gasteiger partial charge in [-0.1, -0.05) is 0 Å². The first-order chi connectivity index (χ1) is 10.6. The van der Waals surface area contributed by atoms with Gasteiger partial charge in [0.2, 0.25) is 5.43 Å². The molecular formula is C14H8F5NO3. The lowest BCUT2D eigenvalue weighted by molar-refractivity contribution is -0.136. The van der Waals surface area contributed by atoms with E-state index in [1.807, 2.05) is 0 Å². The SMILES string of the molecule is O=C(O)c1cn(C2CC2)c2c(F)c(F)cc(C(F)(F)F)c2c1=O. The zero-order chi connectivity index (χ0) is 17.1. The van der Waals surface area contributed by atoms with Gasteiger partial charge < -0.3 is 9.67 Å². The smallest absolute Gasteiger partial charge is 0.417 e. The van der Waals surface area contributed by atoms with Crippen LogP contribution in [0.3, 0.4) is 0 Å². The molecule has 1 saturated carbocycles. The average Bonchev–Trinajstić information content (AvgIpc) is 3.25. The molecule has 1 fully saturated rings. The molecule has 1 heterocycles. The van der Waals surface area contributed by atoms with Gasteiger partial charge in [0.1, 0.15) is 5.56 Å². The van der Waals surface area contributed by atoms with E-state index in [-0.39, 0.29) is 6.07 Å². The van der Waals surface area contributed by atoms with Crippen LogP contribution in [0.1, 0.15) is 34.8 Å². The Morgan fingerprint density at radius 1 is 1.26 bits per heavy atom. The van der Waals surface area contributed by atoms with Crippen molar-refractivity contribution in [3.05, 3.63) is 45.2 Å². The van der Waals surface area contributed by atoms with E-state index in [0.29, 0.717) is 12.8 Å². The zero-order valence-corrected chi connectivity index (χ0v) is 11.2. The Labute approximate surface area is 124 Å². The number of hydrogen-bond donors (Lipinski definition) is 1. The largest absolute Gasteiger partial charge is 0.477 e. The van der Waals surface area contributed by atoms with Gasteiger partial charge >= 0.3 is 12.1 Å². The molecule has 23 heavy (non-hydrogen) atoms. The van der Waals surface area contributed by atoms with Gasteiger partial charge in [0.05, 0.1) is 16.5 Å². The number of hydrogen-bond acceptors (Lipinski definition) is 2. The number of aromatic nitrogens is 1. The third-order valence-electron chi connectivity index (χ3n) is 3.67. The summed E-state index contributed by atoms with van der Waals surface area (Å²) in [5.74, 6) is -5.08. The van der Waals surface area contributed by atoms with Gasteiger partial charge in [0.15, 0.2) is 11.6 Å². The molecule has 3 rings (SSSR count).